The molecule has 0 saturated heterocycles. The van der Waals surface area contributed by atoms with E-state index in [0.29, 0.717) is 26.3 Å². The molecule has 0 radical (unpaired) electrons. The van der Waals surface area contributed by atoms with E-state index in [0.717, 1.165) is 0 Å². The number of benzene rings is 1. The van der Waals surface area contributed by atoms with Gasteiger partial charge in [-0.15, -0.1) is 0 Å². The van der Waals surface area contributed by atoms with Crippen LogP contribution in [-0.2, 0) is 0 Å². The number of nitrogens with zero attached hydrogens (tertiary/aromatic N) is 2. The van der Waals surface area contributed by atoms with Gasteiger partial charge >= 0.3 is 0 Å². The third-order valence-electron chi connectivity index (χ3n) is 1.84. The fourth-order valence-electron chi connectivity index (χ4n) is 1.08. The molecule has 92 valence electrons. The zero-order chi connectivity index (χ0) is 13.2. The highest BCUT2D eigenvalue weighted by Gasteiger charge is 2.11. The Labute approximate surface area is 113 Å². The minimum absolute atomic E-state index is 0.121. The van der Waals surface area contributed by atoms with Crippen molar-refractivity contribution in [2.75, 3.05) is 0 Å². The normalized spacial score (nSPS) is 11.4. The van der Waals surface area contributed by atoms with Gasteiger partial charge in [-0.05, 0) is 18.6 Å². The maximum atomic E-state index is 6.03. The zero-order valence-electron chi connectivity index (χ0n) is 8.84. The van der Waals surface area contributed by atoms with E-state index >= 15 is 0 Å². The highest BCUT2D eigenvalue weighted by Crippen LogP contribution is 2.38. The van der Waals surface area contributed by atoms with Gasteiger partial charge < -0.3 is 17.2 Å². The second kappa shape index (κ2) is 5.44. The van der Waals surface area contributed by atoms with Gasteiger partial charge in [0.1, 0.15) is 0 Å². The van der Waals surface area contributed by atoms with Crippen molar-refractivity contribution in [1.29, 1.82) is 0 Å². The molecule has 0 saturated carbocycles. The number of hydrogen-bond acceptors (Lipinski definition) is 1. The summed E-state index contributed by atoms with van der Waals surface area (Å²) in [6.45, 7) is 1.71. The second-order valence-corrected chi connectivity index (χ2v) is 4.30. The topological polar surface area (TPSA) is 103 Å². The lowest BCUT2D eigenvalue weighted by Gasteiger charge is -2.06. The highest BCUT2D eigenvalue weighted by atomic mass is 35.5. The van der Waals surface area contributed by atoms with E-state index in [-0.39, 0.29) is 11.9 Å². The summed E-state index contributed by atoms with van der Waals surface area (Å²) in [7, 11) is 0. The van der Waals surface area contributed by atoms with Crippen LogP contribution in [0.3, 0.4) is 0 Å². The van der Waals surface area contributed by atoms with Crippen LogP contribution in [0.5, 0.6) is 0 Å². The van der Waals surface area contributed by atoms with Gasteiger partial charge in [-0.1, -0.05) is 34.8 Å². The molecule has 0 amide bonds. The molecule has 0 aliphatic carbocycles. The fraction of sp³-hybridized carbons (Fsp3) is 0.111. The van der Waals surface area contributed by atoms with Crippen LogP contribution in [0, 0.1) is 6.92 Å². The van der Waals surface area contributed by atoms with E-state index in [9.17, 15) is 0 Å². The van der Waals surface area contributed by atoms with E-state index in [2.05, 4.69) is 9.98 Å². The van der Waals surface area contributed by atoms with Crippen LogP contribution in [-0.4, -0.2) is 11.9 Å². The van der Waals surface area contributed by atoms with Crippen LogP contribution in [0.25, 0.3) is 0 Å². The number of rotatable bonds is 1. The van der Waals surface area contributed by atoms with E-state index < -0.39 is 0 Å². The Morgan fingerprint density at radius 2 is 1.71 bits per heavy atom. The number of halogens is 3. The van der Waals surface area contributed by atoms with E-state index in [1.165, 1.54) is 6.07 Å². The van der Waals surface area contributed by atoms with Gasteiger partial charge in [0.05, 0.1) is 20.8 Å². The Morgan fingerprint density at radius 3 is 2.24 bits per heavy atom. The minimum Gasteiger partial charge on any atom is -0.370 e. The average molecular weight is 295 g/mol. The van der Waals surface area contributed by atoms with Crippen LogP contribution >= 0.6 is 34.8 Å². The average Bonchev–Trinajstić information content (AvgIpc) is 2.21. The summed E-state index contributed by atoms with van der Waals surface area (Å²) < 4.78 is 0. The molecular weight excluding hydrogens is 284 g/mol. The SMILES string of the molecule is Cc1c(Cl)c(Cl)cc(N=C(N)N=C(N)N)c1Cl. The van der Waals surface area contributed by atoms with Gasteiger partial charge in [-0.2, -0.15) is 4.99 Å². The molecule has 0 aliphatic heterocycles. The molecule has 0 atom stereocenters. The molecule has 1 aromatic rings. The summed E-state index contributed by atoms with van der Waals surface area (Å²) in [6.07, 6.45) is 0. The first kappa shape index (κ1) is 13.9. The van der Waals surface area contributed by atoms with Crippen LogP contribution in [0.2, 0.25) is 15.1 Å². The van der Waals surface area contributed by atoms with E-state index in [1.807, 2.05) is 0 Å². The van der Waals surface area contributed by atoms with Crippen molar-refractivity contribution in [3.05, 3.63) is 26.7 Å². The van der Waals surface area contributed by atoms with Crippen molar-refractivity contribution in [1.82, 2.24) is 0 Å². The summed E-state index contributed by atoms with van der Waals surface area (Å²) in [5, 5.41) is 1.04. The molecule has 0 heterocycles. The first-order valence-electron chi connectivity index (χ1n) is 4.40. The quantitative estimate of drug-likeness (QED) is 0.420. The zero-order valence-corrected chi connectivity index (χ0v) is 11.1. The Bertz CT molecular complexity index is 506. The summed E-state index contributed by atoms with van der Waals surface area (Å²) in [6, 6.07) is 1.48. The highest BCUT2D eigenvalue weighted by molar-refractivity contribution is 6.44. The van der Waals surface area contributed by atoms with Crippen LogP contribution in [0.4, 0.5) is 5.69 Å². The van der Waals surface area contributed by atoms with Crippen LogP contribution in [0.15, 0.2) is 16.1 Å². The lowest BCUT2D eigenvalue weighted by Crippen LogP contribution is -2.26. The molecule has 0 fully saturated rings. The fourth-order valence-corrected chi connectivity index (χ4v) is 1.71. The van der Waals surface area contributed by atoms with Gasteiger partial charge in [-0.25, -0.2) is 4.99 Å². The molecule has 0 aliphatic rings. The maximum absolute atomic E-state index is 6.03. The lowest BCUT2D eigenvalue weighted by atomic mass is 10.2. The van der Waals surface area contributed by atoms with E-state index in [4.69, 9.17) is 52.0 Å². The molecule has 8 heteroatoms. The van der Waals surface area contributed by atoms with Crippen LogP contribution < -0.4 is 17.2 Å². The molecule has 17 heavy (non-hydrogen) atoms. The second-order valence-electron chi connectivity index (χ2n) is 3.14. The van der Waals surface area contributed by atoms with E-state index in [1.54, 1.807) is 6.92 Å². The molecule has 0 aromatic heterocycles. The monoisotopic (exact) mass is 293 g/mol. The summed E-state index contributed by atoms with van der Waals surface area (Å²) >= 11 is 17.8. The first-order chi connectivity index (χ1) is 7.82. The Hall–Kier alpha value is -1.17. The number of hydrogen-bond donors (Lipinski definition) is 3. The van der Waals surface area contributed by atoms with Crippen molar-refractivity contribution >= 4 is 52.4 Å². The molecule has 6 N–H and O–H groups in total. The molecule has 1 rings (SSSR count). The van der Waals surface area contributed by atoms with Gasteiger partial charge in [0.15, 0.2) is 5.96 Å². The van der Waals surface area contributed by atoms with Gasteiger partial charge in [0, 0.05) is 0 Å². The van der Waals surface area contributed by atoms with Crippen molar-refractivity contribution < 1.29 is 0 Å². The molecular formula is C9H10Cl3N5. The minimum atomic E-state index is -0.195. The predicted octanol–water partition coefficient (Wildman–Crippen LogP) is 2.17. The summed E-state index contributed by atoms with van der Waals surface area (Å²) in [4.78, 5) is 7.49. The summed E-state index contributed by atoms with van der Waals surface area (Å²) in [5.41, 5.74) is 16.7. The summed E-state index contributed by atoms with van der Waals surface area (Å²) in [5.74, 6) is -0.316. The Morgan fingerprint density at radius 1 is 1.12 bits per heavy atom. The van der Waals surface area contributed by atoms with Crippen LogP contribution in [0.1, 0.15) is 5.56 Å². The maximum Gasteiger partial charge on any atom is 0.223 e. The number of aliphatic imine (C=N–C) groups is 2. The molecule has 1 aromatic carbocycles. The third-order valence-corrected chi connectivity index (χ3v) is 3.19. The van der Waals surface area contributed by atoms with Crippen molar-refractivity contribution in [2.45, 2.75) is 6.92 Å². The first-order valence-corrected chi connectivity index (χ1v) is 5.54. The Kier molecular flexibility index (Phi) is 4.45. The van der Waals surface area contributed by atoms with Gasteiger partial charge in [0.2, 0.25) is 5.96 Å². The number of nitrogens with two attached hydrogens (primary N) is 3. The lowest BCUT2D eigenvalue weighted by molar-refractivity contribution is 1.36. The van der Waals surface area contributed by atoms with Crippen molar-refractivity contribution in [3.8, 4) is 0 Å². The predicted molar refractivity (Wildman–Crippen MR) is 73.3 cm³/mol. The standard InChI is InChI=1S/C9H10Cl3N5/c1-3-6(11)4(10)2-5(7(3)12)16-9(15)17-8(13)14/h2H,1H3,(H6,13,14,15,16,17). The van der Waals surface area contributed by atoms with Gasteiger partial charge in [-0.3, -0.25) is 0 Å². The van der Waals surface area contributed by atoms with Crippen molar-refractivity contribution in [3.63, 3.8) is 0 Å². The molecule has 0 spiro atoms. The third kappa shape index (κ3) is 3.39. The Balaban J connectivity index is 3.30. The smallest absolute Gasteiger partial charge is 0.223 e. The molecule has 5 nitrogen and oxygen atoms in total. The molecule has 0 bridgehead atoms. The number of guanidine groups is 2. The largest absolute Gasteiger partial charge is 0.370 e. The van der Waals surface area contributed by atoms with Crippen molar-refractivity contribution in [2.24, 2.45) is 27.2 Å². The molecule has 0 unspecified atom stereocenters. The van der Waals surface area contributed by atoms with Gasteiger partial charge in [0.25, 0.3) is 0 Å².